The predicted molar refractivity (Wildman–Crippen MR) is 52.3 cm³/mol. The molecule has 2 rings (SSSR count). The average molecular weight is 190 g/mol. The summed E-state index contributed by atoms with van der Waals surface area (Å²) in [6.45, 7) is 0.889. The minimum Gasteiger partial charge on any atom is -0.384 e. The van der Waals surface area contributed by atoms with Crippen LogP contribution in [-0.2, 0) is 0 Å². The van der Waals surface area contributed by atoms with Crippen molar-refractivity contribution in [2.45, 2.75) is 12.8 Å². The van der Waals surface area contributed by atoms with Gasteiger partial charge in [-0.15, -0.1) is 0 Å². The lowest BCUT2D eigenvalue weighted by Gasteiger charge is -2.06. The van der Waals surface area contributed by atoms with Crippen LogP contribution in [0.25, 0.3) is 0 Å². The third kappa shape index (κ3) is 2.02. The Morgan fingerprint density at radius 1 is 1.50 bits per heavy atom. The van der Waals surface area contributed by atoms with Crippen molar-refractivity contribution in [1.29, 1.82) is 5.26 Å². The summed E-state index contributed by atoms with van der Waals surface area (Å²) in [5.41, 5.74) is 1.12. The maximum atomic E-state index is 12.8. The molecule has 0 spiro atoms. The number of rotatable bonds is 3. The topological polar surface area (TPSA) is 35.8 Å². The molecule has 1 aromatic rings. The van der Waals surface area contributed by atoms with Gasteiger partial charge in [0, 0.05) is 6.54 Å². The normalized spacial score (nSPS) is 14.9. The third-order valence-corrected chi connectivity index (χ3v) is 2.38. The number of anilines is 1. The van der Waals surface area contributed by atoms with Crippen LogP contribution in [0.2, 0.25) is 0 Å². The predicted octanol–water partition coefficient (Wildman–Crippen LogP) is 2.52. The van der Waals surface area contributed by atoms with Gasteiger partial charge in [-0.25, -0.2) is 4.39 Å². The molecule has 14 heavy (non-hydrogen) atoms. The van der Waals surface area contributed by atoms with Crippen LogP contribution in [0, 0.1) is 23.1 Å². The summed E-state index contributed by atoms with van der Waals surface area (Å²) in [5.74, 6) is 0.380. The number of hydrogen-bond donors (Lipinski definition) is 1. The van der Waals surface area contributed by atoms with Gasteiger partial charge in [-0.3, -0.25) is 0 Å². The van der Waals surface area contributed by atoms with Crippen molar-refractivity contribution in [1.82, 2.24) is 0 Å². The first-order valence-corrected chi connectivity index (χ1v) is 4.73. The zero-order valence-electron chi connectivity index (χ0n) is 7.76. The van der Waals surface area contributed by atoms with Crippen molar-refractivity contribution in [3.63, 3.8) is 0 Å². The highest BCUT2D eigenvalue weighted by Crippen LogP contribution is 2.29. The van der Waals surface area contributed by atoms with Gasteiger partial charge in [-0.05, 0) is 37.0 Å². The summed E-state index contributed by atoms with van der Waals surface area (Å²) in [6.07, 6.45) is 2.52. The van der Waals surface area contributed by atoms with Gasteiger partial charge in [0.2, 0.25) is 0 Å². The van der Waals surface area contributed by atoms with Crippen LogP contribution < -0.4 is 5.32 Å². The molecular weight excluding hydrogens is 179 g/mol. The molecule has 1 fully saturated rings. The van der Waals surface area contributed by atoms with Gasteiger partial charge in [0.15, 0.2) is 0 Å². The second kappa shape index (κ2) is 3.67. The van der Waals surface area contributed by atoms with Crippen LogP contribution in [0.15, 0.2) is 18.2 Å². The van der Waals surface area contributed by atoms with Crippen LogP contribution in [-0.4, -0.2) is 6.54 Å². The molecule has 1 aliphatic rings. The maximum Gasteiger partial charge on any atom is 0.124 e. The minimum absolute atomic E-state index is 0.362. The van der Waals surface area contributed by atoms with E-state index in [4.69, 9.17) is 5.26 Å². The zero-order valence-corrected chi connectivity index (χ0v) is 7.76. The highest BCUT2D eigenvalue weighted by atomic mass is 19.1. The van der Waals surface area contributed by atoms with Crippen molar-refractivity contribution in [3.8, 4) is 6.07 Å². The minimum atomic E-state index is -0.362. The Balaban J connectivity index is 2.10. The van der Waals surface area contributed by atoms with Crippen LogP contribution in [0.4, 0.5) is 10.1 Å². The van der Waals surface area contributed by atoms with Crippen molar-refractivity contribution in [3.05, 3.63) is 29.6 Å². The molecule has 1 saturated carbocycles. The number of nitrogens with zero attached hydrogens (tertiary/aromatic N) is 1. The van der Waals surface area contributed by atoms with E-state index < -0.39 is 0 Å². The van der Waals surface area contributed by atoms with Gasteiger partial charge in [0.25, 0.3) is 0 Å². The van der Waals surface area contributed by atoms with Gasteiger partial charge in [-0.1, -0.05) is 0 Å². The fourth-order valence-electron chi connectivity index (χ4n) is 1.34. The first kappa shape index (κ1) is 9.01. The number of nitrogens with one attached hydrogen (secondary N) is 1. The fourth-order valence-corrected chi connectivity index (χ4v) is 1.34. The molecule has 1 N–H and O–H groups in total. The summed E-state index contributed by atoms with van der Waals surface area (Å²) >= 11 is 0. The summed E-state index contributed by atoms with van der Waals surface area (Å²) in [6, 6.07) is 6.23. The molecule has 0 aliphatic heterocycles. The number of hydrogen-bond acceptors (Lipinski definition) is 2. The zero-order chi connectivity index (χ0) is 9.97. The first-order chi connectivity index (χ1) is 6.79. The van der Waals surface area contributed by atoms with Crippen LogP contribution in [0.1, 0.15) is 18.4 Å². The highest BCUT2D eigenvalue weighted by molar-refractivity contribution is 5.57. The lowest BCUT2D eigenvalue weighted by molar-refractivity contribution is 0.627. The Kier molecular flexibility index (Phi) is 2.36. The van der Waals surface area contributed by atoms with Crippen molar-refractivity contribution in [2.75, 3.05) is 11.9 Å². The fraction of sp³-hybridized carbons (Fsp3) is 0.364. The summed E-state index contributed by atoms with van der Waals surface area (Å²) < 4.78 is 12.8. The molecule has 0 radical (unpaired) electrons. The van der Waals surface area contributed by atoms with Gasteiger partial charge in [0.05, 0.1) is 11.3 Å². The quantitative estimate of drug-likeness (QED) is 0.794. The van der Waals surface area contributed by atoms with E-state index in [0.717, 1.165) is 18.2 Å². The molecule has 0 aromatic heterocycles. The van der Waals surface area contributed by atoms with E-state index in [-0.39, 0.29) is 5.82 Å². The van der Waals surface area contributed by atoms with Crippen LogP contribution in [0.5, 0.6) is 0 Å². The monoisotopic (exact) mass is 190 g/mol. The Hall–Kier alpha value is -1.56. The summed E-state index contributed by atoms with van der Waals surface area (Å²) in [7, 11) is 0. The van der Waals surface area contributed by atoms with E-state index in [1.807, 2.05) is 6.07 Å². The maximum absolute atomic E-state index is 12.8. The Bertz CT molecular complexity index is 377. The molecular formula is C11H11FN2. The van der Waals surface area contributed by atoms with E-state index >= 15 is 0 Å². The molecule has 0 bridgehead atoms. The molecule has 1 aliphatic carbocycles. The molecule has 0 heterocycles. The smallest absolute Gasteiger partial charge is 0.124 e. The van der Waals surface area contributed by atoms with E-state index in [1.165, 1.54) is 25.0 Å². The number of nitriles is 1. The molecule has 1 aromatic carbocycles. The van der Waals surface area contributed by atoms with Crippen molar-refractivity contribution >= 4 is 5.69 Å². The van der Waals surface area contributed by atoms with Crippen LogP contribution in [0.3, 0.4) is 0 Å². The molecule has 2 nitrogen and oxygen atoms in total. The molecule has 72 valence electrons. The summed E-state index contributed by atoms with van der Waals surface area (Å²) in [4.78, 5) is 0. The lowest BCUT2D eigenvalue weighted by atomic mass is 10.2. The van der Waals surface area contributed by atoms with E-state index in [2.05, 4.69) is 5.32 Å². The van der Waals surface area contributed by atoms with Gasteiger partial charge < -0.3 is 5.32 Å². The van der Waals surface area contributed by atoms with E-state index in [1.54, 1.807) is 6.07 Å². The van der Waals surface area contributed by atoms with Gasteiger partial charge in [0.1, 0.15) is 11.9 Å². The SMILES string of the molecule is N#Cc1cc(F)ccc1NCC1CC1. The third-order valence-electron chi connectivity index (χ3n) is 2.38. The Labute approximate surface area is 82.4 Å². The second-order valence-electron chi connectivity index (χ2n) is 3.63. The molecule has 0 amide bonds. The molecule has 0 unspecified atom stereocenters. The van der Waals surface area contributed by atoms with Gasteiger partial charge >= 0.3 is 0 Å². The standard InChI is InChI=1S/C11H11FN2/c12-10-3-4-11(9(5-10)6-13)14-7-8-1-2-8/h3-5,8,14H,1-2,7H2. The Morgan fingerprint density at radius 3 is 2.93 bits per heavy atom. The van der Waals surface area contributed by atoms with Gasteiger partial charge in [-0.2, -0.15) is 5.26 Å². The van der Waals surface area contributed by atoms with E-state index in [0.29, 0.717) is 5.56 Å². The number of halogens is 1. The molecule has 3 heteroatoms. The first-order valence-electron chi connectivity index (χ1n) is 4.73. The number of benzene rings is 1. The van der Waals surface area contributed by atoms with Crippen molar-refractivity contribution in [2.24, 2.45) is 5.92 Å². The lowest BCUT2D eigenvalue weighted by Crippen LogP contribution is -2.04. The average Bonchev–Trinajstić information content (AvgIpc) is 2.99. The molecule has 0 atom stereocenters. The molecule has 0 saturated heterocycles. The summed E-state index contributed by atoms with van der Waals surface area (Å²) in [5, 5.41) is 11.9. The Morgan fingerprint density at radius 2 is 2.29 bits per heavy atom. The second-order valence-corrected chi connectivity index (χ2v) is 3.63. The highest BCUT2D eigenvalue weighted by Gasteiger charge is 2.20. The van der Waals surface area contributed by atoms with Crippen LogP contribution >= 0.6 is 0 Å². The van der Waals surface area contributed by atoms with E-state index in [9.17, 15) is 4.39 Å². The largest absolute Gasteiger partial charge is 0.384 e. The van der Waals surface area contributed by atoms with Crippen molar-refractivity contribution < 1.29 is 4.39 Å².